The fourth-order valence-corrected chi connectivity index (χ4v) is 3.55. The van der Waals surface area contributed by atoms with Crippen LogP contribution in [0.2, 0.25) is 0 Å². The minimum absolute atomic E-state index is 0.895. The topological polar surface area (TPSA) is 31.0 Å². The Morgan fingerprint density at radius 1 is 1.47 bits per heavy atom. The van der Waals surface area contributed by atoms with E-state index >= 15 is 0 Å². The Morgan fingerprint density at radius 2 is 2.29 bits per heavy atom. The van der Waals surface area contributed by atoms with Gasteiger partial charge in [-0.25, -0.2) is 0 Å². The molecule has 92 valence electrons. The lowest BCUT2D eigenvalue weighted by atomic mass is 10.3. The van der Waals surface area contributed by atoms with Crippen LogP contribution >= 0.6 is 27.7 Å². The molecule has 0 spiro atoms. The average molecular weight is 315 g/mol. The largest absolute Gasteiger partial charge is 0.468 e. The highest BCUT2D eigenvalue weighted by molar-refractivity contribution is 9.10. The summed E-state index contributed by atoms with van der Waals surface area (Å²) in [4.78, 5) is 0. The SMILES string of the molecule is CCc1nn(C)c(CSCc2ccco2)c1Br. The van der Waals surface area contributed by atoms with Crippen molar-refractivity contribution in [1.82, 2.24) is 9.78 Å². The lowest BCUT2D eigenvalue weighted by Crippen LogP contribution is -1.97. The molecular formula is C12H15BrN2OS. The molecule has 0 N–H and O–H groups in total. The van der Waals surface area contributed by atoms with Crippen LogP contribution in [0, 0.1) is 0 Å². The summed E-state index contributed by atoms with van der Waals surface area (Å²) in [6.07, 6.45) is 2.67. The fraction of sp³-hybridized carbons (Fsp3) is 0.417. The van der Waals surface area contributed by atoms with E-state index in [0.29, 0.717) is 0 Å². The smallest absolute Gasteiger partial charge is 0.113 e. The molecule has 2 rings (SSSR count). The van der Waals surface area contributed by atoms with Crippen LogP contribution in [0.15, 0.2) is 27.3 Å². The lowest BCUT2D eigenvalue weighted by Gasteiger charge is -2.01. The Morgan fingerprint density at radius 3 is 2.88 bits per heavy atom. The first-order chi connectivity index (χ1) is 8.22. The molecule has 0 bridgehead atoms. The zero-order valence-corrected chi connectivity index (χ0v) is 12.3. The molecule has 0 atom stereocenters. The Labute approximate surface area is 114 Å². The normalized spacial score (nSPS) is 11.0. The Bertz CT molecular complexity index is 479. The van der Waals surface area contributed by atoms with Crippen molar-refractivity contribution >= 4 is 27.7 Å². The van der Waals surface area contributed by atoms with E-state index in [1.54, 1.807) is 6.26 Å². The molecule has 0 amide bonds. The first-order valence-electron chi connectivity index (χ1n) is 5.52. The van der Waals surface area contributed by atoms with Gasteiger partial charge in [0.15, 0.2) is 0 Å². The average Bonchev–Trinajstić information content (AvgIpc) is 2.91. The van der Waals surface area contributed by atoms with Gasteiger partial charge in [-0.3, -0.25) is 4.68 Å². The van der Waals surface area contributed by atoms with E-state index in [1.807, 2.05) is 35.6 Å². The van der Waals surface area contributed by atoms with Gasteiger partial charge in [-0.2, -0.15) is 5.10 Å². The van der Waals surface area contributed by atoms with Gasteiger partial charge in [0.2, 0.25) is 0 Å². The quantitative estimate of drug-likeness (QED) is 0.841. The van der Waals surface area contributed by atoms with Gasteiger partial charge in [0.05, 0.1) is 27.9 Å². The van der Waals surface area contributed by atoms with Gasteiger partial charge in [-0.1, -0.05) is 6.92 Å². The highest BCUT2D eigenvalue weighted by Crippen LogP contribution is 2.26. The number of aromatic nitrogens is 2. The van der Waals surface area contributed by atoms with E-state index in [4.69, 9.17) is 4.42 Å². The summed E-state index contributed by atoms with van der Waals surface area (Å²) in [5.41, 5.74) is 2.36. The van der Waals surface area contributed by atoms with Crippen molar-refractivity contribution in [2.75, 3.05) is 0 Å². The predicted octanol–water partition coefficient (Wildman–Crippen LogP) is 3.77. The number of aryl methyl sites for hydroxylation is 2. The summed E-state index contributed by atoms with van der Waals surface area (Å²) in [5, 5.41) is 4.48. The molecule has 0 aliphatic carbocycles. The number of nitrogens with zero attached hydrogens (tertiary/aromatic N) is 2. The molecule has 0 unspecified atom stereocenters. The summed E-state index contributed by atoms with van der Waals surface area (Å²) < 4.78 is 8.41. The minimum Gasteiger partial charge on any atom is -0.468 e. The van der Waals surface area contributed by atoms with Gasteiger partial charge in [-0.15, -0.1) is 11.8 Å². The van der Waals surface area contributed by atoms with E-state index in [2.05, 4.69) is 28.0 Å². The monoisotopic (exact) mass is 314 g/mol. The molecule has 3 nitrogen and oxygen atoms in total. The molecule has 5 heteroatoms. The van der Waals surface area contributed by atoms with Gasteiger partial charge in [0, 0.05) is 12.8 Å². The maximum absolute atomic E-state index is 5.30. The first kappa shape index (κ1) is 12.8. The Balaban J connectivity index is 1.97. The molecule has 0 aliphatic heterocycles. The second-order valence-corrected chi connectivity index (χ2v) is 5.54. The molecule has 2 aromatic rings. The van der Waals surface area contributed by atoms with Crippen LogP contribution in [0.25, 0.3) is 0 Å². The van der Waals surface area contributed by atoms with Gasteiger partial charge in [0.1, 0.15) is 5.76 Å². The van der Waals surface area contributed by atoms with Crippen molar-refractivity contribution in [2.24, 2.45) is 7.05 Å². The van der Waals surface area contributed by atoms with Crippen molar-refractivity contribution < 1.29 is 4.42 Å². The molecular weight excluding hydrogens is 300 g/mol. The Hall–Kier alpha value is -0.680. The van der Waals surface area contributed by atoms with E-state index in [0.717, 1.165) is 33.9 Å². The second-order valence-electron chi connectivity index (χ2n) is 3.76. The molecule has 2 heterocycles. The summed E-state index contributed by atoms with van der Waals surface area (Å²) in [6, 6.07) is 3.92. The van der Waals surface area contributed by atoms with Crippen molar-refractivity contribution in [3.05, 3.63) is 40.0 Å². The van der Waals surface area contributed by atoms with Crippen molar-refractivity contribution in [3.8, 4) is 0 Å². The van der Waals surface area contributed by atoms with Crippen LogP contribution in [0.3, 0.4) is 0 Å². The molecule has 2 aromatic heterocycles. The third kappa shape index (κ3) is 2.96. The molecule has 0 saturated carbocycles. The summed E-state index contributed by atoms with van der Waals surface area (Å²) >= 11 is 5.45. The van der Waals surface area contributed by atoms with Crippen LogP contribution < -0.4 is 0 Å². The van der Waals surface area contributed by atoms with Gasteiger partial charge < -0.3 is 4.42 Å². The van der Waals surface area contributed by atoms with Crippen LogP contribution in [0.4, 0.5) is 0 Å². The number of furan rings is 1. The van der Waals surface area contributed by atoms with Crippen LogP contribution in [0.1, 0.15) is 24.1 Å². The number of hydrogen-bond donors (Lipinski definition) is 0. The summed E-state index contributed by atoms with van der Waals surface area (Å²) in [7, 11) is 1.99. The fourth-order valence-electron chi connectivity index (χ4n) is 1.62. The minimum atomic E-state index is 0.895. The molecule has 17 heavy (non-hydrogen) atoms. The number of rotatable bonds is 5. The van der Waals surface area contributed by atoms with Crippen LogP contribution in [0.5, 0.6) is 0 Å². The standard InChI is InChI=1S/C12H15BrN2OS/c1-3-10-12(13)11(15(2)14-10)8-17-7-9-5-4-6-16-9/h4-6H,3,7-8H2,1-2H3. The van der Waals surface area contributed by atoms with Crippen molar-refractivity contribution in [3.63, 3.8) is 0 Å². The summed E-state index contributed by atoms with van der Waals surface area (Å²) in [6.45, 7) is 2.12. The van der Waals surface area contributed by atoms with Crippen molar-refractivity contribution in [2.45, 2.75) is 24.9 Å². The zero-order valence-electron chi connectivity index (χ0n) is 9.94. The van der Waals surface area contributed by atoms with E-state index in [1.165, 1.54) is 5.69 Å². The van der Waals surface area contributed by atoms with Crippen LogP contribution in [-0.4, -0.2) is 9.78 Å². The third-order valence-corrected chi connectivity index (χ3v) is 4.45. The molecule has 0 aromatic carbocycles. The van der Waals surface area contributed by atoms with Gasteiger partial charge in [-0.05, 0) is 34.5 Å². The van der Waals surface area contributed by atoms with Crippen molar-refractivity contribution in [1.29, 1.82) is 0 Å². The first-order valence-corrected chi connectivity index (χ1v) is 7.47. The lowest BCUT2D eigenvalue weighted by molar-refractivity contribution is 0.530. The summed E-state index contributed by atoms with van der Waals surface area (Å²) in [5.74, 6) is 2.85. The number of hydrogen-bond acceptors (Lipinski definition) is 3. The second kappa shape index (κ2) is 5.78. The maximum atomic E-state index is 5.30. The molecule has 0 aliphatic rings. The number of halogens is 1. The number of thioether (sulfide) groups is 1. The van der Waals surface area contributed by atoms with Gasteiger partial charge in [0.25, 0.3) is 0 Å². The van der Waals surface area contributed by atoms with Crippen LogP contribution in [-0.2, 0) is 25.0 Å². The zero-order chi connectivity index (χ0) is 12.3. The highest BCUT2D eigenvalue weighted by atomic mass is 79.9. The third-order valence-electron chi connectivity index (χ3n) is 2.57. The predicted molar refractivity (Wildman–Crippen MR) is 74.0 cm³/mol. The molecule has 0 saturated heterocycles. The van der Waals surface area contributed by atoms with E-state index < -0.39 is 0 Å². The molecule has 0 fully saturated rings. The van der Waals surface area contributed by atoms with E-state index in [-0.39, 0.29) is 0 Å². The highest BCUT2D eigenvalue weighted by Gasteiger charge is 2.12. The van der Waals surface area contributed by atoms with E-state index in [9.17, 15) is 0 Å². The maximum Gasteiger partial charge on any atom is 0.113 e. The Kier molecular flexibility index (Phi) is 4.34. The molecule has 0 radical (unpaired) electrons. The van der Waals surface area contributed by atoms with Gasteiger partial charge >= 0.3 is 0 Å².